The summed E-state index contributed by atoms with van der Waals surface area (Å²) in [4.78, 5) is 17.9. The molecule has 3 heterocycles. The van der Waals surface area contributed by atoms with E-state index < -0.39 is 0 Å². The molecule has 5 nitrogen and oxygen atoms in total. The van der Waals surface area contributed by atoms with E-state index >= 15 is 0 Å². The summed E-state index contributed by atoms with van der Waals surface area (Å²) in [7, 11) is 0. The molecule has 1 aromatic heterocycles. The smallest absolute Gasteiger partial charge is 0.257 e. The van der Waals surface area contributed by atoms with Crippen LogP contribution in [0.4, 0.5) is 5.69 Å². The van der Waals surface area contributed by atoms with E-state index in [1.165, 1.54) is 35.2 Å². The lowest BCUT2D eigenvalue weighted by atomic mass is 9.87. The van der Waals surface area contributed by atoms with Gasteiger partial charge in [-0.1, -0.05) is 13.8 Å². The SMILES string of the molecule is Cc1occc1C(=O)N1CCN(c2cc3c(c(C4CC4)c2)COC(C)(C)C3)C[C@H]1C(C)C. The minimum Gasteiger partial charge on any atom is -0.469 e. The second kappa shape index (κ2) is 7.95. The van der Waals surface area contributed by atoms with Crippen LogP contribution in [0.2, 0.25) is 0 Å². The van der Waals surface area contributed by atoms with Crippen molar-refractivity contribution in [3.05, 3.63) is 52.5 Å². The van der Waals surface area contributed by atoms with Crippen LogP contribution < -0.4 is 4.90 Å². The highest BCUT2D eigenvalue weighted by molar-refractivity contribution is 5.95. The van der Waals surface area contributed by atoms with Gasteiger partial charge in [-0.2, -0.15) is 0 Å². The average Bonchev–Trinajstić information content (AvgIpc) is 3.51. The van der Waals surface area contributed by atoms with Crippen LogP contribution in [0.3, 0.4) is 0 Å². The van der Waals surface area contributed by atoms with Crippen LogP contribution in [-0.4, -0.2) is 42.1 Å². The van der Waals surface area contributed by atoms with Gasteiger partial charge in [0.15, 0.2) is 0 Å². The molecule has 1 atom stereocenters. The maximum atomic E-state index is 13.3. The lowest BCUT2D eigenvalue weighted by Crippen LogP contribution is -2.57. The van der Waals surface area contributed by atoms with Crippen LogP contribution in [0.5, 0.6) is 0 Å². The summed E-state index contributed by atoms with van der Waals surface area (Å²) >= 11 is 0. The van der Waals surface area contributed by atoms with Gasteiger partial charge in [0, 0.05) is 31.7 Å². The molecule has 32 heavy (non-hydrogen) atoms. The van der Waals surface area contributed by atoms with Gasteiger partial charge in [0.1, 0.15) is 5.76 Å². The van der Waals surface area contributed by atoms with Crippen molar-refractivity contribution in [2.24, 2.45) is 5.92 Å². The molecule has 1 aliphatic carbocycles. The molecule has 5 rings (SSSR count). The number of ether oxygens (including phenoxy) is 1. The molecule has 0 unspecified atom stereocenters. The molecule has 0 N–H and O–H groups in total. The predicted molar refractivity (Wildman–Crippen MR) is 126 cm³/mol. The van der Waals surface area contributed by atoms with Gasteiger partial charge in [-0.25, -0.2) is 0 Å². The molecule has 2 aromatic rings. The first-order valence-electron chi connectivity index (χ1n) is 12.1. The van der Waals surface area contributed by atoms with Crippen LogP contribution in [0.25, 0.3) is 0 Å². The van der Waals surface area contributed by atoms with Gasteiger partial charge in [0.05, 0.1) is 30.1 Å². The number of carbonyl (C=O) groups excluding carboxylic acids is 1. The van der Waals surface area contributed by atoms with E-state index in [9.17, 15) is 4.79 Å². The number of nitrogens with zero attached hydrogens (tertiary/aromatic N) is 2. The van der Waals surface area contributed by atoms with E-state index in [0.717, 1.165) is 32.7 Å². The van der Waals surface area contributed by atoms with Crippen LogP contribution in [0.1, 0.15) is 79.3 Å². The summed E-state index contributed by atoms with van der Waals surface area (Å²) < 4.78 is 11.6. The number of carbonyl (C=O) groups is 1. The molecule has 2 fully saturated rings. The van der Waals surface area contributed by atoms with Crippen LogP contribution >= 0.6 is 0 Å². The Balaban J connectivity index is 1.43. The Morgan fingerprint density at radius 2 is 1.97 bits per heavy atom. The molecule has 2 aliphatic heterocycles. The van der Waals surface area contributed by atoms with E-state index in [1.54, 1.807) is 12.3 Å². The number of aryl methyl sites for hydroxylation is 1. The third-order valence-electron chi connectivity index (χ3n) is 7.51. The minimum atomic E-state index is -0.111. The number of anilines is 1. The zero-order valence-corrected chi connectivity index (χ0v) is 20.1. The number of piperazine rings is 1. The summed E-state index contributed by atoms with van der Waals surface area (Å²) in [6.45, 7) is 13.9. The average molecular weight is 437 g/mol. The van der Waals surface area contributed by atoms with Crippen molar-refractivity contribution in [1.29, 1.82) is 0 Å². The second-order valence-corrected chi connectivity index (χ2v) is 10.8. The fourth-order valence-corrected chi connectivity index (χ4v) is 5.42. The van der Waals surface area contributed by atoms with Crippen molar-refractivity contribution < 1.29 is 13.9 Å². The number of benzene rings is 1. The quantitative estimate of drug-likeness (QED) is 0.652. The Hall–Kier alpha value is -2.27. The van der Waals surface area contributed by atoms with Crippen molar-refractivity contribution in [2.75, 3.05) is 24.5 Å². The van der Waals surface area contributed by atoms with E-state index in [0.29, 0.717) is 23.2 Å². The standard InChI is InChI=1S/C27H36N2O3/c1-17(2)25-15-28(9-10-29(25)26(30)22-8-11-31-18(22)3)21-12-20-14-27(4,5)32-16-24(20)23(13-21)19-6-7-19/h8,11-13,17,19,25H,6-7,9-10,14-16H2,1-5H3/t25-/m0/s1. The molecule has 1 aromatic carbocycles. The first-order valence-corrected chi connectivity index (χ1v) is 12.1. The predicted octanol–water partition coefficient (Wildman–Crippen LogP) is 5.30. The van der Waals surface area contributed by atoms with Gasteiger partial charge < -0.3 is 19.0 Å². The van der Waals surface area contributed by atoms with Crippen LogP contribution in [0, 0.1) is 12.8 Å². The Morgan fingerprint density at radius 3 is 2.62 bits per heavy atom. The van der Waals surface area contributed by atoms with Gasteiger partial charge in [-0.15, -0.1) is 0 Å². The number of furan rings is 1. The summed E-state index contributed by atoms with van der Waals surface area (Å²) in [6, 6.07) is 6.80. The Bertz CT molecular complexity index is 1020. The zero-order chi connectivity index (χ0) is 22.6. The topological polar surface area (TPSA) is 45.9 Å². The number of amides is 1. The second-order valence-electron chi connectivity index (χ2n) is 10.8. The number of hydrogen-bond donors (Lipinski definition) is 0. The fraction of sp³-hybridized carbons (Fsp3) is 0.593. The highest BCUT2D eigenvalue weighted by atomic mass is 16.5. The van der Waals surface area contributed by atoms with Crippen molar-refractivity contribution >= 4 is 11.6 Å². The largest absolute Gasteiger partial charge is 0.469 e. The molecular weight excluding hydrogens is 400 g/mol. The van der Waals surface area contributed by atoms with E-state index in [1.807, 2.05) is 6.92 Å². The Kier molecular flexibility index (Phi) is 5.36. The molecule has 5 heteroatoms. The summed E-state index contributed by atoms with van der Waals surface area (Å²) in [5, 5.41) is 0. The van der Waals surface area contributed by atoms with Gasteiger partial charge in [0.2, 0.25) is 0 Å². The van der Waals surface area contributed by atoms with Gasteiger partial charge >= 0.3 is 0 Å². The van der Waals surface area contributed by atoms with Crippen molar-refractivity contribution in [2.45, 2.75) is 78.0 Å². The monoisotopic (exact) mass is 436 g/mol. The molecule has 1 amide bonds. The summed E-state index contributed by atoms with van der Waals surface area (Å²) in [5.41, 5.74) is 6.29. The number of rotatable bonds is 4. The lowest BCUT2D eigenvalue weighted by molar-refractivity contribution is -0.0404. The van der Waals surface area contributed by atoms with E-state index in [-0.39, 0.29) is 17.6 Å². The van der Waals surface area contributed by atoms with Crippen molar-refractivity contribution in [3.63, 3.8) is 0 Å². The van der Waals surface area contributed by atoms with E-state index in [2.05, 4.69) is 49.6 Å². The third-order valence-corrected chi connectivity index (χ3v) is 7.51. The van der Waals surface area contributed by atoms with Crippen molar-refractivity contribution in [3.8, 4) is 0 Å². The highest BCUT2D eigenvalue weighted by Gasteiger charge is 2.37. The Morgan fingerprint density at radius 1 is 1.19 bits per heavy atom. The molecule has 1 saturated heterocycles. The molecule has 0 radical (unpaired) electrons. The van der Waals surface area contributed by atoms with Crippen LogP contribution in [-0.2, 0) is 17.8 Å². The zero-order valence-electron chi connectivity index (χ0n) is 20.1. The summed E-state index contributed by atoms with van der Waals surface area (Å²) in [5.74, 6) is 1.87. The lowest BCUT2D eigenvalue weighted by Gasteiger charge is -2.45. The van der Waals surface area contributed by atoms with E-state index in [4.69, 9.17) is 9.15 Å². The highest BCUT2D eigenvalue weighted by Crippen LogP contribution is 2.46. The molecule has 0 bridgehead atoms. The minimum absolute atomic E-state index is 0.0950. The fourth-order valence-electron chi connectivity index (χ4n) is 5.42. The maximum Gasteiger partial charge on any atom is 0.257 e. The van der Waals surface area contributed by atoms with Gasteiger partial charge in [-0.05, 0) is 80.3 Å². The summed E-state index contributed by atoms with van der Waals surface area (Å²) in [6.07, 6.45) is 5.16. The molecule has 0 spiro atoms. The third kappa shape index (κ3) is 3.96. The van der Waals surface area contributed by atoms with Crippen molar-refractivity contribution in [1.82, 2.24) is 4.90 Å². The van der Waals surface area contributed by atoms with Crippen LogP contribution in [0.15, 0.2) is 28.9 Å². The number of fused-ring (bicyclic) bond motifs is 1. The molecule has 1 saturated carbocycles. The first-order chi connectivity index (χ1) is 15.2. The number of hydrogen-bond acceptors (Lipinski definition) is 4. The van der Waals surface area contributed by atoms with Gasteiger partial charge in [-0.3, -0.25) is 4.79 Å². The molecule has 3 aliphatic rings. The van der Waals surface area contributed by atoms with Gasteiger partial charge in [0.25, 0.3) is 5.91 Å². The molecular formula is C27H36N2O3. The normalized spacial score (nSPS) is 22.9. The Labute approximate surface area is 191 Å². The molecule has 172 valence electrons. The maximum absolute atomic E-state index is 13.3. The first kappa shape index (κ1) is 21.6.